The summed E-state index contributed by atoms with van der Waals surface area (Å²) in [7, 11) is 0. The number of benzene rings is 1. The van der Waals surface area contributed by atoms with Crippen molar-refractivity contribution in [3.8, 4) is 0 Å². The zero-order valence-corrected chi connectivity index (χ0v) is 8.94. The summed E-state index contributed by atoms with van der Waals surface area (Å²) >= 11 is 0. The molecule has 0 heterocycles. The van der Waals surface area contributed by atoms with Gasteiger partial charge in [-0.15, -0.1) is 0 Å². The van der Waals surface area contributed by atoms with Gasteiger partial charge in [-0.2, -0.15) is 0 Å². The van der Waals surface area contributed by atoms with Crippen LogP contribution in [-0.4, -0.2) is 23.7 Å². The molecule has 0 amide bonds. The van der Waals surface area contributed by atoms with Gasteiger partial charge in [-0.1, -0.05) is 30.3 Å². The molecule has 0 aliphatic rings. The van der Waals surface area contributed by atoms with Crippen LogP contribution in [0.15, 0.2) is 30.3 Å². The molecule has 15 heavy (non-hydrogen) atoms. The number of carbonyl (C=O) groups is 1. The van der Waals surface area contributed by atoms with E-state index in [0.29, 0.717) is 0 Å². The molecule has 0 saturated heterocycles. The standard InChI is InChI=1S/C12H17NO2/c1-10(12(14)15)13-9-5-8-11-6-3-2-4-7-11/h2-4,6-7,10,13H,5,8-9H2,1H3,(H,14,15)/t10-/m1/s1. The van der Waals surface area contributed by atoms with E-state index in [-0.39, 0.29) is 0 Å². The molecule has 1 atom stereocenters. The molecule has 0 bridgehead atoms. The first-order valence-corrected chi connectivity index (χ1v) is 5.20. The summed E-state index contributed by atoms with van der Waals surface area (Å²) in [6, 6.07) is 9.74. The number of rotatable bonds is 6. The van der Waals surface area contributed by atoms with Gasteiger partial charge in [0.15, 0.2) is 0 Å². The van der Waals surface area contributed by atoms with E-state index in [9.17, 15) is 4.79 Å². The van der Waals surface area contributed by atoms with Gasteiger partial charge in [0.1, 0.15) is 6.04 Å². The molecule has 0 aliphatic heterocycles. The van der Waals surface area contributed by atoms with Crippen LogP contribution in [0, 0.1) is 0 Å². The second kappa shape index (κ2) is 6.19. The molecule has 1 aromatic carbocycles. The highest BCUT2D eigenvalue weighted by Gasteiger charge is 2.07. The molecular weight excluding hydrogens is 190 g/mol. The Hall–Kier alpha value is -1.35. The summed E-state index contributed by atoms with van der Waals surface area (Å²) in [5.41, 5.74) is 1.29. The van der Waals surface area contributed by atoms with Gasteiger partial charge in [0, 0.05) is 0 Å². The molecule has 2 N–H and O–H groups in total. The lowest BCUT2D eigenvalue weighted by atomic mass is 10.1. The third kappa shape index (κ3) is 4.61. The van der Waals surface area contributed by atoms with E-state index in [1.54, 1.807) is 6.92 Å². The largest absolute Gasteiger partial charge is 0.480 e. The Bertz CT molecular complexity index is 298. The van der Waals surface area contributed by atoms with Crippen LogP contribution in [-0.2, 0) is 11.2 Å². The molecular formula is C12H17NO2. The minimum Gasteiger partial charge on any atom is -0.480 e. The normalized spacial score (nSPS) is 12.3. The molecule has 0 unspecified atom stereocenters. The highest BCUT2D eigenvalue weighted by atomic mass is 16.4. The average molecular weight is 207 g/mol. The fourth-order valence-electron chi connectivity index (χ4n) is 1.34. The number of carboxylic acid groups (broad SMARTS) is 1. The van der Waals surface area contributed by atoms with Crippen LogP contribution in [0.1, 0.15) is 18.9 Å². The number of nitrogens with one attached hydrogen (secondary N) is 1. The van der Waals surface area contributed by atoms with Crippen LogP contribution in [0.3, 0.4) is 0 Å². The Kier molecular flexibility index (Phi) is 4.84. The molecule has 0 saturated carbocycles. The van der Waals surface area contributed by atoms with Crippen LogP contribution >= 0.6 is 0 Å². The summed E-state index contributed by atoms with van der Waals surface area (Å²) in [5, 5.41) is 11.6. The van der Waals surface area contributed by atoms with Crippen LogP contribution in [0.4, 0.5) is 0 Å². The van der Waals surface area contributed by atoms with Crippen molar-refractivity contribution in [1.82, 2.24) is 5.32 Å². The molecule has 0 fully saturated rings. The van der Waals surface area contributed by atoms with Gasteiger partial charge in [-0.05, 0) is 31.9 Å². The van der Waals surface area contributed by atoms with E-state index in [1.165, 1.54) is 5.56 Å². The monoisotopic (exact) mass is 207 g/mol. The van der Waals surface area contributed by atoms with E-state index < -0.39 is 12.0 Å². The van der Waals surface area contributed by atoms with Crippen LogP contribution < -0.4 is 5.32 Å². The summed E-state index contributed by atoms with van der Waals surface area (Å²) < 4.78 is 0. The first-order valence-electron chi connectivity index (χ1n) is 5.20. The maximum atomic E-state index is 10.5. The quantitative estimate of drug-likeness (QED) is 0.698. The predicted octanol–water partition coefficient (Wildman–Crippen LogP) is 1.68. The van der Waals surface area contributed by atoms with Gasteiger partial charge < -0.3 is 10.4 Å². The zero-order valence-electron chi connectivity index (χ0n) is 8.94. The number of carboxylic acids is 1. The lowest BCUT2D eigenvalue weighted by Crippen LogP contribution is -2.34. The fraction of sp³-hybridized carbons (Fsp3) is 0.417. The summed E-state index contributed by atoms with van der Waals surface area (Å²) in [4.78, 5) is 10.5. The van der Waals surface area contributed by atoms with Crippen molar-refractivity contribution >= 4 is 5.97 Å². The minimum absolute atomic E-state index is 0.458. The van der Waals surface area contributed by atoms with Crippen molar-refractivity contribution in [2.75, 3.05) is 6.54 Å². The molecule has 1 aromatic rings. The smallest absolute Gasteiger partial charge is 0.320 e. The maximum absolute atomic E-state index is 10.5. The third-order valence-electron chi connectivity index (χ3n) is 2.31. The Morgan fingerprint density at radius 2 is 2.07 bits per heavy atom. The topological polar surface area (TPSA) is 49.3 Å². The zero-order chi connectivity index (χ0) is 11.1. The van der Waals surface area contributed by atoms with Gasteiger partial charge in [0.25, 0.3) is 0 Å². The van der Waals surface area contributed by atoms with Gasteiger partial charge in [0.05, 0.1) is 0 Å². The van der Waals surface area contributed by atoms with E-state index in [0.717, 1.165) is 19.4 Å². The van der Waals surface area contributed by atoms with Crippen molar-refractivity contribution in [2.24, 2.45) is 0 Å². The molecule has 3 heteroatoms. The van der Waals surface area contributed by atoms with Gasteiger partial charge >= 0.3 is 5.97 Å². The Balaban J connectivity index is 2.15. The third-order valence-corrected chi connectivity index (χ3v) is 2.31. The Morgan fingerprint density at radius 1 is 1.40 bits per heavy atom. The van der Waals surface area contributed by atoms with Gasteiger partial charge in [0.2, 0.25) is 0 Å². The van der Waals surface area contributed by atoms with Crippen LogP contribution in [0.2, 0.25) is 0 Å². The fourth-order valence-corrected chi connectivity index (χ4v) is 1.34. The minimum atomic E-state index is -0.797. The summed E-state index contributed by atoms with van der Waals surface area (Å²) in [5.74, 6) is -0.797. The molecule has 82 valence electrons. The van der Waals surface area contributed by atoms with Crippen molar-refractivity contribution in [2.45, 2.75) is 25.8 Å². The second-order valence-electron chi connectivity index (χ2n) is 3.60. The van der Waals surface area contributed by atoms with Crippen LogP contribution in [0.25, 0.3) is 0 Å². The van der Waals surface area contributed by atoms with Crippen molar-refractivity contribution in [3.05, 3.63) is 35.9 Å². The maximum Gasteiger partial charge on any atom is 0.320 e. The summed E-state index contributed by atoms with van der Waals surface area (Å²) in [6.07, 6.45) is 1.95. The number of hydrogen-bond acceptors (Lipinski definition) is 2. The van der Waals surface area contributed by atoms with Crippen molar-refractivity contribution < 1.29 is 9.90 Å². The van der Waals surface area contributed by atoms with Gasteiger partial charge in [-0.25, -0.2) is 0 Å². The molecule has 1 rings (SSSR count). The SMILES string of the molecule is C[C@@H](NCCCc1ccccc1)C(=O)O. The molecule has 3 nitrogen and oxygen atoms in total. The number of hydrogen-bond donors (Lipinski definition) is 2. The van der Waals surface area contributed by atoms with Crippen molar-refractivity contribution in [3.63, 3.8) is 0 Å². The predicted molar refractivity (Wildman–Crippen MR) is 59.9 cm³/mol. The molecule has 0 spiro atoms. The van der Waals surface area contributed by atoms with E-state index in [4.69, 9.17) is 5.11 Å². The molecule has 0 radical (unpaired) electrons. The average Bonchev–Trinajstić information content (AvgIpc) is 2.25. The second-order valence-corrected chi connectivity index (χ2v) is 3.60. The first kappa shape index (κ1) is 11.7. The lowest BCUT2D eigenvalue weighted by molar-refractivity contribution is -0.138. The number of aryl methyl sites for hydroxylation is 1. The molecule has 0 aromatic heterocycles. The number of aliphatic carboxylic acids is 1. The van der Waals surface area contributed by atoms with Gasteiger partial charge in [-0.3, -0.25) is 4.79 Å². The lowest BCUT2D eigenvalue weighted by Gasteiger charge is -2.08. The first-order chi connectivity index (χ1) is 7.20. The van der Waals surface area contributed by atoms with Crippen molar-refractivity contribution in [1.29, 1.82) is 0 Å². The Morgan fingerprint density at radius 3 is 2.67 bits per heavy atom. The molecule has 0 aliphatic carbocycles. The van der Waals surface area contributed by atoms with E-state index >= 15 is 0 Å². The van der Waals surface area contributed by atoms with Crippen LogP contribution in [0.5, 0.6) is 0 Å². The highest BCUT2D eigenvalue weighted by molar-refractivity contribution is 5.72. The Labute approximate surface area is 90.1 Å². The highest BCUT2D eigenvalue weighted by Crippen LogP contribution is 2.01. The summed E-state index contributed by atoms with van der Waals surface area (Å²) in [6.45, 7) is 2.40. The van der Waals surface area contributed by atoms with E-state index in [2.05, 4.69) is 17.4 Å². The van der Waals surface area contributed by atoms with E-state index in [1.807, 2.05) is 18.2 Å².